The Bertz CT molecular complexity index is 353. The molecule has 0 amide bonds. The molecule has 0 radical (unpaired) electrons. The standard InChI is InChI=1S/C9H11BrN2O2/c1-6(11)5-7-8(10)3-2-4-9(7)12(13)14/h2-4,6H,5,11H2,1H3/t6-/m1/s1. The predicted octanol–water partition coefficient (Wildman–Crippen LogP) is 2.25. The van der Waals surface area contributed by atoms with E-state index in [9.17, 15) is 10.1 Å². The molecule has 0 aliphatic rings. The highest BCUT2D eigenvalue weighted by Gasteiger charge is 2.16. The quantitative estimate of drug-likeness (QED) is 0.668. The maximum atomic E-state index is 10.7. The Morgan fingerprint density at radius 3 is 2.79 bits per heavy atom. The molecule has 0 aliphatic heterocycles. The summed E-state index contributed by atoms with van der Waals surface area (Å²) in [6.45, 7) is 1.82. The molecule has 0 saturated carbocycles. The van der Waals surface area contributed by atoms with Crippen molar-refractivity contribution in [2.45, 2.75) is 19.4 Å². The SMILES string of the molecule is C[C@@H](N)Cc1c(Br)cccc1[N+](=O)[O-]. The van der Waals surface area contributed by atoms with Crippen LogP contribution in [-0.2, 0) is 6.42 Å². The number of nitrogens with two attached hydrogens (primary N) is 1. The van der Waals surface area contributed by atoms with Gasteiger partial charge < -0.3 is 5.73 Å². The number of benzene rings is 1. The number of nitro groups is 1. The van der Waals surface area contributed by atoms with Gasteiger partial charge in [0.2, 0.25) is 0 Å². The molecule has 0 aliphatic carbocycles. The molecule has 1 aromatic rings. The van der Waals surface area contributed by atoms with Crippen LogP contribution in [0, 0.1) is 10.1 Å². The summed E-state index contributed by atoms with van der Waals surface area (Å²) in [5.41, 5.74) is 6.40. The number of hydrogen-bond acceptors (Lipinski definition) is 3. The third kappa shape index (κ3) is 2.52. The van der Waals surface area contributed by atoms with Crippen molar-refractivity contribution in [2.24, 2.45) is 5.73 Å². The van der Waals surface area contributed by atoms with Crippen LogP contribution in [0.3, 0.4) is 0 Å². The average Bonchev–Trinajstić information content (AvgIpc) is 2.07. The van der Waals surface area contributed by atoms with E-state index in [1.807, 2.05) is 6.92 Å². The Kier molecular flexibility index (Phi) is 3.60. The largest absolute Gasteiger partial charge is 0.328 e. The first-order chi connectivity index (χ1) is 6.52. The third-order valence-corrected chi connectivity index (χ3v) is 2.56. The molecule has 0 bridgehead atoms. The second kappa shape index (κ2) is 4.52. The third-order valence-electron chi connectivity index (χ3n) is 1.82. The summed E-state index contributed by atoms with van der Waals surface area (Å²) < 4.78 is 0.740. The van der Waals surface area contributed by atoms with E-state index in [-0.39, 0.29) is 16.7 Å². The van der Waals surface area contributed by atoms with Crippen molar-refractivity contribution in [1.29, 1.82) is 0 Å². The van der Waals surface area contributed by atoms with Crippen LogP contribution in [0.1, 0.15) is 12.5 Å². The van der Waals surface area contributed by atoms with Gasteiger partial charge in [0.15, 0.2) is 0 Å². The highest BCUT2D eigenvalue weighted by atomic mass is 79.9. The maximum absolute atomic E-state index is 10.7. The van der Waals surface area contributed by atoms with Crippen molar-refractivity contribution in [1.82, 2.24) is 0 Å². The fourth-order valence-electron chi connectivity index (χ4n) is 1.24. The second-order valence-electron chi connectivity index (χ2n) is 3.18. The fraction of sp³-hybridized carbons (Fsp3) is 0.333. The number of halogens is 1. The molecule has 4 nitrogen and oxygen atoms in total. The van der Waals surface area contributed by atoms with E-state index in [0.717, 1.165) is 4.47 Å². The molecule has 76 valence electrons. The van der Waals surface area contributed by atoms with Gasteiger partial charge in [-0.15, -0.1) is 0 Å². The minimum absolute atomic E-state index is 0.0904. The molecule has 0 unspecified atom stereocenters. The fourth-order valence-corrected chi connectivity index (χ4v) is 1.76. The lowest BCUT2D eigenvalue weighted by atomic mass is 10.1. The summed E-state index contributed by atoms with van der Waals surface area (Å²) in [6, 6.07) is 4.83. The summed E-state index contributed by atoms with van der Waals surface area (Å²) in [4.78, 5) is 10.3. The normalized spacial score (nSPS) is 12.5. The Balaban J connectivity index is 3.15. The van der Waals surface area contributed by atoms with Crippen LogP contribution < -0.4 is 5.73 Å². The molecule has 0 saturated heterocycles. The van der Waals surface area contributed by atoms with E-state index in [0.29, 0.717) is 12.0 Å². The van der Waals surface area contributed by atoms with Crippen molar-refractivity contribution < 1.29 is 4.92 Å². The van der Waals surface area contributed by atoms with Crippen molar-refractivity contribution >= 4 is 21.6 Å². The van der Waals surface area contributed by atoms with E-state index in [1.165, 1.54) is 6.07 Å². The molecule has 5 heteroatoms. The van der Waals surface area contributed by atoms with Crippen molar-refractivity contribution in [2.75, 3.05) is 0 Å². The summed E-state index contributed by atoms with van der Waals surface area (Å²) in [5, 5.41) is 10.7. The Labute approximate surface area is 90.4 Å². The van der Waals surface area contributed by atoms with Gasteiger partial charge in [-0.25, -0.2) is 0 Å². The molecule has 2 N–H and O–H groups in total. The molecule has 0 fully saturated rings. The first-order valence-electron chi connectivity index (χ1n) is 4.19. The van der Waals surface area contributed by atoms with Gasteiger partial charge in [0.05, 0.1) is 4.92 Å². The average molecular weight is 259 g/mol. The molecule has 0 spiro atoms. The topological polar surface area (TPSA) is 69.2 Å². The molecular weight excluding hydrogens is 248 g/mol. The van der Waals surface area contributed by atoms with Gasteiger partial charge in [0.25, 0.3) is 5.69 Å². The molecule has 14 heavy (non-hydrogen) atoms. The number of hydrogen-bond donors (Lipinski definition) is 1. The van der Waals surface area contributed by atoms with Gasteiger partial charge in [-0.3, -0.25) is 10.1 Å². The van der Waals surface area contributed by atoms with E-state index < -0.39 is 0 Å². The summed E-state index contributed by atoms with van der Waals surface area (Å²) in [7, 11) is 0. The summed E-state index contributed by atoms with van der Waals surface area (Å²) >= 11 is 3.28. The van der Waals surface area contributed by atoms with E-state index in [1.54, 1.807) is 12.1 Å². The van der Waals surface area contributed by atoms with E-state index in [2.05, 4.69) is 15.9 Å². The number of nitrogens with zero attached hydrogens (tertiary/aromatic N) is 1. The van der Waals surface area contributed by atoms with Crippen LogP contribution >= 0.6 is 15.9 Å². The Hall–Kier alpha value is -0.940. The van der Waals surface area contributed by atoms with Gasteiger partial charge in [0, 0.05) is 22.1 Å². The van der Waals surface area contributed by atoms with Crippen LogP contribution in [0.15, 0.2) is 22.7 Å². The van der Waals surface area contributed by atoms with Gasteiger partial charge in [-0.05, 0) is 19.4 Å². The van der Waals surface area contributed by atoms with Crippen LogP contribution in [0.25, 0.3) is 0 Å². The molecule has 0 heterocycles. The highest BCUT2D eigenvalue weighted by Crippen LogP contribution is 2.27. The molecule has 1 aromatic carbocycles. The molecule has 1 rings (SSSR count). The second-order valence-corrected chi connectivity index (χ2v) is 4.03. The zero-order chi connectivity index (χ0) is 10.7. The molecular formula is C9H11BrN2O2. The first-order valence-corrected chi connectivity index (χ1v) is 4.99. The highest BCUT2D eigenvalue weighted by molar-refractivity contribution is 9.10. The lowest BCUT2D eigenvalue weighted by Gasteiger charge is -2.07. The lowest BCUT2D eigenvalue weighted by Crippen LogP contribution is -2.18. The Morgan fingerprint density at radius 1 is 1.64 bits per heavy atom. The first kappa shape index (κ1) is 11.1. The van der Waals surface area contributed by atoms with Gasteiger partial charge in [-0.1, -0.05) is 22.0 Å². The van der Waals surface area contributed by atoms with Crippen LogP contribution in [0.5, 0.6) is 0 Å². The number of rotatable bonds is 3. The maximum Gasteiger partial charge on any atom is 0.273 e. The van der Waals surface area contributed by atoms with E-state index in [4.69, 9.17) is 5.73 Å². The van der Waals surface area contributed by atoms with Crippen molar-refractivity contribution in [3.05, 3.63) is 38.3 Å². The van der Waals surface area contributed by atoms with Crippen molar-refractivity contribution in [3.63, 3.8) is 0 Å². The smallest absolute Gasteiger partial charge is 0.273 e. The van der Waals surface area contributed by atoms with Crippen LogP contribution in [0.4, 0.5) is 5.69 Å². The zero-order valence-corrected chi connectivity index (χ0v) is 9.32. The van der Waals surface area contributed by atoms with Crippen LogP contribution in [0.2, 0.25) is 0 Å². The monoisotopic (exact) mass is 258 g/mol. The van der Waals surface area contributed by atoms with Gasteiger partial charge >= 0.3 is 0 Å². The predicted molar refractivity (Wildman–Crippen MR) is 58.1 cm³/mol. The molecule has 1 atom stereocenters. The van der Waals surface area contributed by atoms with Crippen LogP contribution in [-0.4, -0.2) is 11.0 Å². The lowest BCUT2D eigenvalue weighted by molar-refractivity contribution is -0.385. The minimum Gasteiger partial charge on any atom is -0.328 e. The van der Waals surface area contributed by atoms with Crippen molar-refractivity contribution in [3.8, 4) is 0 Å². The summed E-state index contributed by atoms with van der Waals surface area (Å²) in [6.07, 6.45) is 0.498. The zero-order valence-electron chi connectivity index (χ0n) is 7.74. The molecule has 0 aromatic heterocycles. The number of nitro benzene ring substituents is 1. The van der Waals surface area contributed by atoms with Gasteiger partial charge in [-0.2, -0.15) is 0 Å². The minimum atomic E-state index is -0.386. The Morgan fingerprint density at radius 2 is 2.29 bits per heavy atom. The van der Waals surface area contributed by atoms with Gasteiger partial charge in [0.1, 0.15) is 0 Å². The summed E-state index contributed by atoms with van der Waals surface area (Å²) in [5.74, 6) is 0. The van der Waals surface area contributed by atoms with E-state index >= 15 is 0 Å².